The number of halogens is 1. The fraction of sp³-hybridized carbons (Fsp3) is 0.400. The topological polar surface area (TPSA) is 74.2 Å². The van der Waals surface area contributed by atoms with Gasteiger partial charge in [-0.2, -0.15) is 0 Å². The van der Waals surface area contributed by atoms with Gasteiger partial charge in [0.05, 0.1) is 31.5 Å². The fourth-order valence-corrected chi connectivity index (χ4v) is 3.15. The van der Waals surface area contributed by atoms with E-state index in [-0.39, 0.29) is 12.4 Å². The molecule has 0 aliphatic carbocycles. The Bertz CT molecular complexity index is 909. The van der Waals surface area contributed by atoms with Crippen LogP contribution in [-0.2, 0) is 16.0 Å². The third kappa shape index (κ3) is 8.00. The first kappa shape index (κ1) is 25.4. The van der Waals surface area contributed by atoms with E-state index >= 15 is 0 Å². The highest BCUT2D eigenvalue weighted by Gasteiger charge is 2.11. The molecule has 0 aromatic heterocycles. The van der Waals surface area contributed by atoms with Crippen molar-refractivity contribution in [2.45, 2.75) is 40.0 Å². The van der Waals surface area contributed by atoms with Gasteiger partial charge >= 0.3 is 5.97 Å². The number of benzene rings is 2. The number of carbonyl (C=O) groups is 1. The second-order valence-corrected chi connectivity index (χ2v) is 7.36. The number of carboxylic acids is 1. The smallest absolute Gasteiger partial charge is 0.371 e. The van der Waals surface area contributed by atoms with E-state index < -0.39 is 5.97 Å². The summed E-state index contributed by atoms with van der Waals surface area (Å²) in [6.07, 6.45) is 4.05. The first-order valence-electron chi connectivity index (χ1n) is 10.9. The number of hydrogen-bond acceptors (Lipinski definition) is 5. The molecule has 0 radical (unpaired) electrons. The van der Waals surface area contributed by atoms with Crippen LogP contribution in [-0.4, -0.2) is 37.5 Å². The molecule has 6 nitrogen and oxygen atoms in total. The number of ether oxygens (including phenoxy) is 4. The number of hydrogen-bond donors (Lipinski definition) is 1. The predicted octanol–water partition coefficient (Wildman–Crippen LogP) is 6.00. The van der Waals surface area contributed by atoms with Crippen molar-refractivity contribution in [1.29, 1.82) is 0 Å². The summed E-state index contributed by atoms with van der Waals surface area (Å²) in [5.74, 6) is 0.603. The molecule has 0 heterocycles. The highest BCUT2D eigenvalue weighted by molar-refractivity contribution is 6.32. The third-order valence-electron chi connectivity index (χ3n) is 4.48. The van der Waals surface area contributed by atoms with Crippen LogP contribution in [0.2, 0.25) is 5.02 Å². The molecule has 0 amide bonds. The average molecular weight is 463 g/mol. The lowest BCUT2D eigenvalue weighted by molar-refractivity contribution is -0.136. The van der Waals surface area contributed by atoms with Gasteiger partial charge in [0.25, 0.3) is 0 Å². The third-order valence-corrected chi connectivity index (χ3v) is 4.77. The highest BCUT2D eigenvalue weighted by Crippen LogP contribution is 2.30. The van der Waals surface area contributed by atoms with Crippen LogP contribution in [0.1, 0.15) is 44.7 Å². The van der Waals surface area contributed by atoms with E-state index in [1.165, 1.54) is 6.08 Å². The molecule has 2 aromatic rings. The van der Waals surface area contributed by atoms with Gasteiger partial charge in [-0.3, -0.25) is 0 Å². The molecule has 0 spiro atoms. The van der Waals surface area contributed by atoms with Crippen molar-refractivity contribution in [2.24, 2.45) is 0 Å². The second kappa shape index (κ2) is 13.5. The van der Waals surface area contributed by atoms with Crippen molar-refractivity contribution in [3.63, 3.8) is 0 Å². The summed E-state index contributed by atoms with van der Waals surface area (Å²) in [7, 11) is 0. The zero-order chi connectivity index (χ0) is 23.3. The van der Waals surface area contributed by atoms with Gasteiger partial charge in [0.1, 0.15) is 5.75 Å². The van der Waals surface area contributed by atoms with Crippen LogP contribution in [0.4, 0.5) is 0 Å². The number of aliphatic carboxylic acids is 1. The average Bonchev–Trinajstić information content (AvgIpc) is 2.77. The minimum absolute atomic E-state index is 0.118. The van der Waals surface area contributed by atoms with Crippen LogP contribution in [0.15, 0.2) is 42.2 Å². The maximum absolute atomic E-state index is 11.3. The van der Waals surface area contributed by atoms with Crippen LogP contribution >= 0.6 is 11.6 Å². The van der Waals surface area contributed by atoms with E-state index in [9.17, 15) is 9.90 Å². The van der Waals surface area contributed by atoms with Gasteiger partial charge in [0, 0.05) is 6.42 Å². The monoisotopic (exact) mass is 462 g/mol. The van der Waals surface area contributed by atoms with Gasteiger partial charge < -0.3 is 24.1 Å². The summed E-state index contributed by atoms with van der Waals surface area (Å²) in [6.45, 7) is 7.56. The molecule has 0 aliphatic rings. The fourth-order valence-electron chi connectivity index (χ4n) is 2.90. The SMILES string of the molecule is CCCCOc1cc(C=C(OCC)C(=O)O)ccc1OCCc1ccc(OCC)c(Cl)c1. The molecule has 2 rings (SSSR count). The van der Waals surface area contributed by atoms with Gasteiger partial charge in [-0.1, -0.05) is 37.1 Å². The Labute approximate surface area is 194 Å². The molecule has 7 heteroatoms. The maximum atomic E-state index is 11.3. The number of unbranched alkanes of at least 4 members (excludes halogenated alkanes) is 1. The molecule has 2 aromatic carbocycles. The first-order valence-corrected chi connectivity index (χ1v) is 11.2. The van der Waals surface area contributed by atoms with Crippen molar-refractivity contribution in [2.75, 3.05) is 26.4 Å². The Kier molecular flexibility index (Phi) is 10.7. The molecule has 0 fully saturated rings. The molecule has 0 atom stereocenters. The minimum Gasteiger partial charge on any atom is -0.492 e. The summed E-state index contributed by atoms with van der Waals surface area (Å²) in [5.41, 5.74) is 1.70. The molecule has 0 unspecified atom stereocenters. The Morgan fingerprint density at radius 3 is 2.34 bits per heavy atom. The zero-order valence-corrected chi connectivity index (χ0v) is 19.6. The number of rotatable bonds is 14. The largest absolute Gasteiger partial charge is 0.492 e. The molecular formula is C25H31ClO6. The Balaban J connectivity index is 2.12. The van der Waals surface area contributed by atoms with Crippen LogP contribution in [0.25, 0.3) is 6.08 Å². The quantitative estimate of drug-likeness (QED) is 0.211. The highest BCUT2D eigenvalue weighted by atomic mass is 35.5. The normalized spacial score (nSPS) is 11.2. The number of carboxylic acid groups (broad SMARTS) is 1. The summed E-state index contributed by atoms with van der Waals surface area (Å²) in [5, 5.41) is 9.86. The van der Waals surface area contributed by atoms with E-state index in [1.54, 1.807) is 25.1 Å². The second-order valence-electron chi connectivity index (χ2n) is 6.95. The van der Waals surface area contributed by atoms with E-state index in [2.05, 4.69) is 6.92 Å². The molecule has 0 saturated carbocycles. The van der Waals surface area contributed by atoms with Crippen molar-refractivity contribution < 1.29 is 28.8 Å². The van der Waals surface area contributed by atoms with E-state index in [0.29, 0.717) is 54.1 Å². The molecule has 0 saturated heterocycles. The molecule has 32 heavy (non-hydrogen) atoms. The van der Waals surface area contributed by atoms with E-state index in [1.807, 2.05) is 25.1 Å². The van der Waals surface area contributed by atoms with Crippen molar-refractivity contribution in [3.8, 4) is 17.2 Å². The van der Waals surface area contributed by atoms with Gasteiger partial charge in [-0.25, -0.2) is 4.79 Å². The van der Waals surface area contributed by atoms with Crippen LogP contribution in [0.3, 0.4) is 0 Å². The van der Waals surface area contributed by atoms with Gasteiger partial charge in [-0.05, 0) is 61.7 Å². The Morgan fingerprint density at radius 2 is 1.69 bits per heavy atom. The summed E-state index contributed by atoms with van der Waals surface area (Å²) >= 11 is 6.26. The standard InChI is InChI=1S/C25H31ClO6/c1-4-7-13-31-23-16-19(17-24(25(27)28)30-6-3)9-11-22(23)32-14-12-18-8-10-21(29-5-2)20(26)15-18/h8-11,15-17H,4-7,12-14H2,1-3H3,(H,27,28). The van der Waals surface area contributed by atoms with Crippen molar-refractivity contribution in [1.82, 2.24) is 0 Å². The Hall–Kier alpha value is -2.86. The van der Waals surface area contributed by atoms with E-state index in [0.717, 1.165) is 18.4 Å². The van der Waals surface area contributed by atoms with Crippen LogP contribution in [0.5, 0.6) is 17.2 Å². The van der Waals surface area contributed by atoms with Crippen molar-refractivity contribution >= 4 is 23.6 Å². The van der Waals surface area contributed by atoms with Gasteiger partial charge in [0.2, 0.25) is 5.76 Å². The van der Waals surface area contributed by atoms with Crippen LogP contribution in [0, 0.1) is 0 Å². The molecule has 0 bridgehead atoms. The van der Waals surface area contributed by atoms with Crippen LogP contribution < -0.4 is 14.2 Å². The summed E-state index contributed by atoms with van der Waals surface area (Å²) < 4.78 is 22.5. The first-order chi connectivity index (χ1) is 15.5. The lowest BCUT2D eigenvalue weighted by Gasteiger charge is -2.14. The van der Waals surface area contributed by atoms with Crippen molar-refractivity contribution in [3.05, 3.63) is 58.3 Å². The maximum Gasteiger partial charge on any atom is 0.371 e. The minimum atomic E-state index is -1.12. The Morgan fingerprint density at radius 1 is 0.938 bits per heavy atom. The lowest BCUT2D eigenvalue weighted by Crippen LogP contribution is -2.06. The molecular weight excluding hydrogens is 432 g/mol. The van der Waals surface area contributed by atoms with E-state index in [4.69, 9.17) is 30.5 Å². The predicted molar refractivity (Wildman–Crippen MR) is 126 cm³/mol. The molecule has 174 valence electrons. The zero-order valence-electron chi connectivity index (χ0n) is 18.9. The van der Waals surface area contributed by atoms with Gasteiger partial charge in [-0.15, -0.1) is 0 Å². The molecule has 0 aliphatic heterocycles. The summed E-state index contributed by atoms with van der Waals surface area (Å²) in [4.78, 5) is 11.3. The summed E-state index contributed by atoms with van der Waals surface area (Å²) in [6, 6.07) is 11.0. The molecule has 1 N–H and O–H groups in total. The van der Waals surface area contributed by atoms with Gasteiger partial charge in [0.15, 0.2) is 11.5 Å². The lowest BCUT2D eigenvalue weighted by atomic mass is 10.1.